The number of para-hydroxylation sites is 1. The summed E-state index contributed by atoms with van der Waals surface area (Å²) in [5.74, 6) is -0.494. The molecule has 6 nitrogen and oxygen atoms in total. The highest BCUT2D eigenvalue weighted by Gasteiger charge is 2.10. The Kier molecular flexibility index (Phi) is 6.54. The minimum atomic E-state index is -0.300. The highest BCUT2D eigenvalue weighted by molar-refractivity contribution is 6.09. The minimum absolute atomic E-state index is 0.0665. The predicted molar refractivity (Wildman–Crippen MR) is 135 cm³/mol. The average molecular weight is 441 g/mol. The van der Waals surface area contributed by atoms with Crippen LogP contribution in [0.4, 0.5) is 5.69 Å². The average Bonchev–Trinajstić information content (AvgIpc) is 3.13. The van der Waals surface area contributed by atoms with E-state index in [0.717, 1.165) is 34.3 Å². The first-order valence-electron chi connectivity index (χ1n) is 11.2. The van der Waals surface area contributed by atoms with Crippen LogP contribution in [-0.2, 0) is 16.1 Å². The van der Waals surface area contributed by atoms with Crippen LogP contribution in [0.2, 0.25) is 0 Å². The third-order valence-electron chi connectivity index (χ3n) is 5.76. The number of nitrogens with zero attached hydrogens (tertiary/aromatic N) is 2. The van der Waals surface area contributed by atoms with Gasteiger partial charge in [0.05, 0.1) is 6.21 Å². The quantitative estimate of drug-likeness (QED) is 0.302. The number of rotatable bonds is 7. The summed E-state index contributed by atoms with van der Waals surface area (Å²) in [5, 5.41) is 9.30. The van der Waals surface area contributed by atoms with Gasteiger partial charge in [-0.25, -0.2) is 5.43 Å². The van der Waals surface area contributed by atoms with Crippen LogP contribution in [0.5, 0.6) is 0 Å². The fourth-order valence-electron chi connectivity index (χ4n) is 4.04. The van der Waals surface area contributed by atoms with Gasteiger partial charge >= 0.3 is 0 Å². The third kappa shape index (κ3) is 4.95. The second-order valence-electron chi connectivity index (χ2n) is 8.20. The fraction of sp³-hybridized carbons (Fsp3) is 0.222. The number of aryl methyl sites for hydroxylation is 3. The number of aromatic nitrogens is 1. The molecule has 2 amide bonds. The Balaban J connectivity index is 1.36. The molecule has 0 saturated carbocycles. The standard InChI is InChI=1S/C27H28N4O2/c1-4-31-24-8-6-5-7-21(24)22-16-20(11-12-25(22)31)17-28-30-27(33)14-13-26(32)29-23-15-18(2)9-10-19(23)3/h5-12,15-17H,4,13-14H2,1-3H3,(H,29,32)(H,30,33)/b28-17+. The first-order valence-corrected chi connectivity index (χ1v) is 11.2. The smallest absolute Gasteiger partial charge is 0.240 e. The molecular weight excluding hydrogens is 412 g/mol. The van der Waals surface area contributed by atoms with Crippen LogP contribution in [0, 0.1) is 13.8 Å². The first-order chi connectivity index (χ1) is 16.0. The lowest BCUT2D eigenvalue weighted by atomic mass is 10.1. The van der Waals surface area contributed by atoms with E-state index in [-0.39, 0.29) is 24.7 Å². The lowest BCUT2D eigenvalue weighted by Crippen LogP contribution is -2.20. The van der Waals surface area contributed by atoms with Crippen molar-refractivity contribution in [2.75, 3.05) is 5.32 Å². The molecule has 0 saturated heterocycles. The van der Waals surface area contributed by atoms with Crippen LogP contribution in [0.25, 0.3) is 21.8 Å². The molecule has 0 radical (unpaired) electrons. The lowest BCUT2D eigenvalue weighted by molar-refractivity contribution is -0.124. The molecule has 0 spiro atoms. The molecular formula is C27H28N4O2. The maximum Gasteiger partial charge on any atom is 0.240 e. The van der Waals surface area contributed by atoms with Gasteiger partial charge in [-0.05, 0) is 61.7 Å². The SMILES string of the molecule is CCn1c2ccccc2c2cc(/C=N/NC(=O)CCC(=O)Nc3cc(C)ccc3C)ccc21. The zero-order chi connectivity index (χ0) is 23.4. The highest BCUT2D eigenvalue weighted by atomic mass is 16.2. The summed E-state index contributed by atoms with van der Waals surface area (Å²) in [5.41, 5.74) is 8.63. The second-order valence-corrected chi connectivity index (χ2v) is 8.20. The third-order valence-corrected chi connectivity index (χ3v) is 5.76. The summed E-state index contributed by atoms with van der Waals surface area (Å²) < 4.78 is 2.29. The normalized spacial score (nSPS) is 11.4. The summed E-state index contributed by atoms with van der Waals surface area (Å²) in [7, 11) is 0. The number of benzene rings is 3. The van der Waals surface area contributed by atoms with E-state index in [9.17, 15) is 9.59 Å². The number of carbonyl (C=O) groups is 2. The molecule has 0 unspecified atom stereocenters. The first kappa shape index (κ1) is 22.3. The number of anilines is 1. The van der Waals surface area contributed by atoms with Crippen LogP contribution in [-0.4, -0.2) is 22.6 Å². The zero-order valence-corrected chi connectivity index (χ0v) is 19.2. The Morgan fingerprint density at radius 1 is 0.909 bits per heavy atom. The van der Waals surface area contributed by atoms with E-state index >= 15 is 0 Å². The molecule has 1 heterocycles. The fourth-order valence-corrected chi connectivity index (χ4v) is 4.04. The van der Waals surface area contributed by atoms with E-state index < -0.39 is 0 Å². The largest absolute Gasteiger partial charge is 0.341 e. The van der Waals surface area contributed by atoms with Crippen molar-refractivity contribution in [1.29, 1.82) is 0 Å². The van der Waals surface area contributed by atoms with Crippen molar-refractivity contribution in [3.05, 3.63) is 77.4 Å². The molecule has 6 heteroatoms. The molecule has 0 atom stereocenters. The van der Waals surface area contributed by atoms with E-state index in [1.165, 1.54) is 16.4 Å². The number of hydrogen-bond acceptors (Lipinski definition) is 3. The van der Waals surface area contributed by atoms with Gasteiger partial charge in [-0.15, -0.1) is 0 Å². The Hall–Kier alpha value is -3.93. The number of hydrazone groups is 1. The number of amides is 2. The van der Waals surface area contributed by atoms with Gasteiger partial charge in [0.1, 0.15) is 0 Å². The molecule has 2 N–H and O–H groups in total. The summed E-state index contributed by atoms with van der Waals surface area (Å²) in [6.07, 6.45) is 1.79. The molecule has 1 aromatic heterocycles. The molecule has 4 aromatic rings. The maximum atomic E-state index is 12.2. The van der Waals surface area contributed by atoms with E-state index in [1.807, 2.05) is 50.2 Å². The van der Waals surface area contributed by atoms with Crippen molar-refractivity contribution in [3.8, 4) is 0 Å². The molecule has 3 aromatic carbocycles. The Labute approximate surface area is 193 Å². The Morgan fingerprint density at radius 3 is 2.48 bits per heavy atom. The van der Waals surface area contributed by atoms with E-state index in [1.54, 1.807) is 6.21 Å². The van der Waals surface area contributed by atoms with Crippen LogP contribution >= 0.6 is 0 Å². The van der Waals surface area contributed by atoms with Crippen LogP contribution in [0.1, 0.15) is 36.5 Å². The van der Waals surface area contributed by atoms with Crippen molar-refractivity contribution in [3.63, 3.8) is 0 Å². The zero-order valence-electron chi connectivity index (χ0n) is 19.2. The van der Waals surface area contributed by atoms with Gasteiger partial charge in [-0.3, -0.25) is 9.59 Å². The summed E-state index contributed by atoms with van der Waals surface area (Å²) in [6.45, 7) is 6.94. The highest BCUT2D eigenvalue weighted by Crippen LogP contribution is 2.29. The van der Waals surface area contributed by atoms with Gasteiger partial charge in [0, 0.05) is 46.9 Å². The van der Waals surface area contributed by atoms with Gasteiger partial charge in [0.25, 0.3) is 0 Å². The molecule has 0 aliphatic heterocycles. The second kappa shape index (κ2) is 9.69. The minimum Gasteiger partial charge on any atom is -0.341 e. The summed E-state index contributed by atoms with van der Waals surface area (Å²) in [6, 6.07) is 20.4. The van der Waals surface area contributed by atoms with E-state index in [0.29, 0.717) is 0 Å². The Bertz CT molecular complexity index is 1370. The van der Waals surface area contributed by atoms with E-state index in [2.05, 4.69) is 51.6 Å². The maximum absolute atomic E-state index is 12.2. The van der Waals surface area contributed by atoms with Crippen LogP contribution in [0.15, 0.2) is 65.8 Å². The van der Waals surface area contributed by atoms with E-state index in [4.69, 9.17) is 0 Å². The van der Waals surface area contributed by atoms with Crippen molar-refractivity contribution in [1.82, 2.24) is 9.99 Å². The number of fused-ring (bicyclic) bond motifs is 3. The molecule has 0 aliphatic carbocycles. The predicted octanol–water partition coefficient (Wildman–Crippen LogP) is 5.30. The van der Waals surface area contributed by atoms with Crippen molar-refractivity contribution < 1.29 is 9.59 Å². The molecule has 0 aliphatic rings. The lowest BCUT2D eigenvalue weighted by Gasteiger charge is -2.09. The number of nitrogens with one attached hydrogen (secondary N) is 2. The number of hydrogen-bond donors (Lipinski definition) is 2. The van der Waals surface area contributed by atoms with Crippen molar-refractivity contribution in [2.24, 2.45) is 5.10 Å². The van der Waals surface area contributed by atoms with Crippen molar-refractivity contribution >= 4 is 45.5 Å². The molecule has 33 heavy (non-hydrogen) atoms. The monoisotopic (exact) mass is 440 g/mol. The van der Waals surface area contributed by atoms with Gasteiger partial charge in [-0.2, -0.15) is 5.10 Å². The Morgan fingerprint density at radius 2 is 1.67 bits per heavy atom. The summed E-state index contributed by atoms with van der Waals surface area (Å²) >= 11 is 0. The van der Waals surface area contributed by atoms with Gasteiger partial charge < -0.3 is 9.88 Å². The van der Waals surface area contributed by atoms with Crippen LogP contribution in [0.3, 0.4) is 0 Å². The molecule has 168 valence electrons. The summed E-state index contributed by atoms with van der Waals surface area (Å²) in [4.78, 5) is 24.3. The molecule has 0 fully saturated rings. The van der Waals surface area contributed by atoms with Gasteiger partial charge in [-0.1, -0.05) is 36.4 Å². The van der Waals surface area contributed by atoms with Crippen LogP contribution < -0.4 is 10.7 Å². The molecule has 4 rings (SSSR count). The van der Waals surface area contributed by atoms with Gasteiger partial charge in [0.2, 0.25) is 11.8 Å². The topological polar surface area (TPSA) is 75.5 Å². The number of carbonyl (C=O) groups excluding carboxylic acids is 2. The van der Waals surface area contributed by atoms with Crippen molar-refractivity contribution in [2.45, 2.75) is 40.2 Å². The molecule has 0 bridgehead atoms. The van der Waals surface area contributed by atoms with Gasteiger partial charge in [0.15, 0.2) is 0 Å².